The van der Waals surface area contributed by atoms with Crippen molar-refractivity contribution >= 4 is 56.9 Å². The first kappa shape index (κ1) is 24.4. The number of benzene rings is 2. The molecule has 2 aromatic carbocycles. The third-order valence-corrected chi connectivity index (χ3v) is 6.15. The molecule has 11 nitrogen and oxygen atoms in total. The molecule has 0 saturated carbocycles. The maximum absolute atomic E-state index is 12.6. The number of nitro benzene ring substituents is 2. The fourth-order valence-corrected chi connectivity index (χ4v) is 4.65. The fraction of sp³-hybridized carbons (Fsp3) is 0.0952. The molecule has 0 aliphatic carbocycles. The van der Waals surface area contributed by atoms with Crippen LogP contribution in [-0.2, 0) is 6.42 Å². The first-order valence-electron chi connectivity index (χ1n) is 9.59. The molecule has 13 heteroatoms. The zero-order chi connectivity index (χ0) is 25.0. The predicted molar refractivity (Wildman–Crippen MR) is 130 cm³/mol. The summed E-state index contributed by atoms with van der Waals surface area (Å²) >= 11 is 6.40. The first-order chi connectivity index (χ1) is 16.1. The zero-order valence-corrected chi connectivity index (χ0v) is 19.2. The largest absolute Gasteiger partial charge is 0.365 e. The topological polar surface area (TPSA) is 170 Å². The van der Waals surface area contributed by atoms with Gasteiger partial charge in [-0.15, -0.1) is 11.3 Å². The predicted octanol–water partition coefficient (Wildman–Crippen LogP) is 3.69. The summed E-state index contributed by atoms with van der Waals surface area (Å²) in [5, 5.41) is 27.3. The normalized spacial score (nSPS) is 10.4. The van der Waals surface area contributed by atoms with Crippen molar-refractivity contribution in [3.05, 3.63) is 95.9 Å². The molecule has 2 amide bonds. The van der Waals surface area contributed by atoms with Crippen LogP contribution in [0.15, 0.2) is 48.5 Å². The SMILES string of the molecule is Cc1c(Cc2ccccc2)sc(NC(=S)NC(=O)c2cc([N+](=O)[O-])cc([N+](=O)[O-])c2)c1C(N)=O. The van der Waals surface area contributed by atoms with Crippen molar-refractivity contribution in [2.75, 3.05) is 5.32 Å². The molecular formula is C21H17N5O6S2. The maximum Gasteiger partial charge on any atom is 0.277 e. The van der Waals surface area contributed by atoms with Crippen molar-refractivity contribution in [1.29, 1.82) is 0 Å². The molecule has 0 atom stereocenters. The Kier molecular flexibility index (Phi) is 7.28. The summed E-state index contributed by atoms with van der Waals surface area (Å²) in [6.45, 7) is 1.75. The van der Waals surface area contributed by atoms with Crippen LogP contribution in [-0.4, -0.2) is 26.8 Å². The summed E-state index contributed by atoms with van der Waals surface area (Å²) in [5.41, 5.74) is 5.91. The first-order valence-corrected chi connectivity index (χ1v) is 10.8. The van der Waals surface area contributed by atoms with Crippen LogP contribution in [0.2, 0.25) is 0 Å². The summed E-state index contributed by atoms with van der Waals surface area (Å²) in [6.07, 6.45) is 0.551. The van der Waals surface area contributed by atoms with Crippen LogP contribution in [0.25, 0.3) is 0 Å². The van der Waals surface area contributed by atoms with Crippen LogP contribution >= 0.6 is 23.6 Å². The van der Waals surface area contributed by atoms with Crippen LogP contribution < -0.4 is 16.4 Å². The number of hydrogen-bond acceptors (Lipinski definition) is 8. The van der Waals surface area contributed by atoms with Crippen LogP contribution in [0.1, 0.15) is 36.7 Å². The van der Waals surface area contributed by atoms with Crippen molar-refractivity contribution in [2.45, 2.75) is 13.3 Å². The molecule has 4 N–H and O–H groups in total. The smallest absolute Gasteiger partial charge is 0.277 e. The van der Waals surface area contributed by atoms with Crippen LogP contribution in [0.3, 0.4) is 0 Å². The molecule has 0 radical (unpaired) electrons. The zero-order valence-electron chi connectivity index (χ0n) is 17.6. The number of nitrogens with two attached hydrogens (primary N) is 1. The van der Waals surface area contributed by atoms with Gasteiger partial charge in [-0.25, -0.2) is 0 Å². The molecule has 3 aromatic rings. The molecule has 0 unspecified atom stereocenters. The van der Waals surface area contributed by atoms with Crippen molar-refractivity contribution in [3.8, 4) is 0 Å². The molecule has 1 aromatic heterocycles. The molecule has 0 spiro atoms. The Morgan fingerprint density at radius 1 is 1.06 bits per heavy atom. The van der Waals surface area contributed by atoms with Gasteiger partial charge in [-0.2, -0.15) is 0 Å². The Labute approximate surface area is 201 Å². The van der Waals surface area contributed by atoms with E-state index in [9.17, 15) is 29.8 Å². The molecule has 0 aliphatic heterocycles. The lowest BCUT2D eigenvalue weighted by molar-refractivity contribution is -0.394. The van der Waals surface area contributed by atoms with E-state index in [0.29, 0.717) is 17.0 Å². The minimum atomic E-state index is -0.900. The lowest BCUT2D eigenvalue weighted by atomic mass is 10.1. The lowest BCUT2D eigenvalue weighted by Crippen LogP contribution is -2.34. The van der Waals surface area contributed by atoms with E-state index in [2.05, 4.69) is 10.6 Å². The number of nitrogens with one attached hydrogen (secondary N) is 2. The minimum absolute atomic E-state index is 0.214. The molecule has 0 aliphatic rings. The van der Waals surface area contributed by atoms with E-state index < -0.39 is 33.0 Å². The summed E-state index contributed by atoms with van der Waals surface area (Å²) in [7, 11) is 0. The van der Waals surface area contributed by atoms with Crippen molar-refractivity contribution in [3.63, 3.8) is 0 Å². The van der Waals surface area contributed by atoms with Gasteiger partial charge >= 0.3 is 0 Å². The highest BCUT2D eigenvalue weighted by atomic mass is 32.1. The number of carbonyl (C=O) groups excluding carboxylic acids is 2. The number of non-ortho nitro benzene ring substituents is 2. The van der Waals surface area contributed by atoms with Gasteiger partial charge < -0.3 is 11.1 Å². The van der Waals surface area contributed by atoms with Crippen molar-refractivity contribution < 1.29 is 19.4 Å². The van der Waals surface area contributed by atoms with Gasteiger partial charge in [0.25, 0.3) is 23.2 Å². The number of nitro groups is 2. The van der Waals surface area contributed by atoms with E-state index in [0.717, 1.165) is 28.6 Å². The quantitative estimate of drug-likeness (QED) is 0.251. The average Bonchev–Trinajstić information content (AvgIpc) is 3.08. The number of thiocarbonyl (C=S) groups is 1. The molecule has 0 fully saturated rings. The third kappa shape index (κ3) is 5.57. The van der Waals surface area contributed by atoms with Gasteiger partial charge in [0.15, 0.2) is 5.11 Å². The van der Waals surface area contributed by atoms with Crippen LogP contribution in [0.5, 0.6) is 0 Å². The average molecular weight is 500 g/mol. The number of rotatable bonds is 7. The summed E-state index contributed by atoms with van der Waals surface area (Å²) in [6, 6.07) is 12.1. The Morgan fingerprint density at radius 2 is 1.65 bits per heavy atom. The molecule has 0 bridgehead atoms. The Bertz CT molecular complexity index is 1290. The van der Waals surface area contributed by atoms with Gasteiger partial charge in [0.1, 0.15) is 5.00 Å². The number of amides is 2. The second kappa shape index (κ2) is 10.1. The summed E-state index contributed by atoms with van der Waals surface area (Å²) < 4.78 is 0. The number of anilines is 1. The van der Waals surface area contributed by atoms with E-state index >= 15 is 0 Å². The summed E-state index contributed by atoms with van der Waals surface area (Å²) in [5.74, 6) is -1.58. The molecule has 0 saturated heterocycles. The molecule has 34 heavy (non-hydrogen) atoms. The molecule has 174 valence electrons. The van der Waals surface area contributed by atoms with E-state index in [1.165, 1.54) is 11.3 Å². The van der Waals surface area contributed by atoms with E-state index in [1.54, 1.807) is 6.92 Å². The second-order valence-electron chi connectivity index (χ2n) is 7.04. The summed E-state index contributed by atoms with van der Waals surface area (Å²) in [4.78, 5) is 45.9. The number of primary amides is 1. The van der Waals surface area contributed by atoms with Crippen LogP contribution in [0, 0.1) is 27.2 Å². The maximum atomic E-state index is 12.6. The Morgan fingerprint density at radius 3 is 2.18 bits per heavy atom. The number of carbonyl (C=O) groups is 2. The lowest BCUT2D eigenvalue weighted by Gasteiger charge is -2.09. The molecule has 3 rings (SSSR count). The van der Waals surface area contributed by atoms with Crippen molar-refractivity contribution in [1.82, 2.24) is 5.32 Å². The van der Waals surface area contributed by atoms with Gasteiger partial charge in [-0.3, -0.25) is 35.1 Å². The number of thiophene rings is 1. The van der Waals surface area contributed by atoms with E-state index in [-0.39, 0.29) is 16.2 Å². The van der Waals surface area contributed by atoms with Gasteiger partial charge in [0.2, 0.25) is 0 Å². The van der Waals surface area contributed by atoms with Crippen LogP contribution in [0.4, 0.5) is 16.4 Å². The molecular weight excluding hydrogens is 482 g/mol. The Balaban J connectivity index is 1.82. The fourth-order valence-electron chi connectivity index (χ4n) is 3.14. The second-order valence-corrected chi connectivity index (χ2v) is 8.55. The van der Waals surface area contributed by atoms with E-state index in [1.807, 2.05) is 30.3 Å². The number of hydrogen-bond donors (Lipinski definition) is 3. The molecule has 1 heterocycles. The van der Waals surface area contributed by atoms with Gasteiger partial charge in [0.05, 0.1) is 27.0 Å². The monoisotopic (exact) mass is 499 g/mol. The van der Waals surface area contributed by atoms with E-state index in [4.69, 9.17) is 18.0 Å². The minimum Gasteiger partial charge on any atom is -0.365 e. The Hall–Kier alpha value is -4.23. The van der Waals surface area contributed by atoms with Gasteiger partial charge in [-0.1, -0.05) is 30.3 Å². The standard InChI is InChI=1S/C21H17N5O6S2/c1-11-16(7-12-5-3-2-4-6-12)34-20(17(11)18(22)27)24-21(33)23-19(28)13-8-14(25(29)30)10-15(9-13)26(31)32/h2-6,8-10H,7H2,1H3,(H2,22,27)(H2,23,24,28,33). The highest BCUT2D eigenvalue weighted by molar-refractivity contribution is 7.80. The number of nitrogens with zero attached hydrogens (tertiary/aromatic N) is 2. The van der Waals surface area contributed by atoms with Gasteiger partial charge in [-0.05, 0) is 30.3 Å². The van der Waals surface area contributed by atoms with Crippen molar-refractivity contribution in [2.24, 2.45) is 5.73 Å². The highest BCUT2D eigenvalue weighted by Gasteiger charge is 2.23. The third-order valence-electron chi connectivity index (χ3n) is 4.74. The van der Waals surface area contributed by atoms with Gasteiger partial charge in [0, 0.05) is 23.4 Å². The highest BCUT2D eigenvalue weighted by Crippen LogP contribution is 2.34.